The minimum atomic E-state index is 0.641. The highest BCUT2D eigenvalue weighted by atomic mass is 79.9. The van der Waals surface area contributed by atoms with E-state index in [0.717, 1.165) is 25.2 Å². The van der Waals surface area contributed by atoms with Crippen LogP contribution < -0.4 is 0 Å². The van der Waals surface area contributed by atoms with Gasteiger partial charge in [0, 0.05) is 20.9 Å². The largest absolute Gasteiger partial charge is 0.183 e. The molecule has 0 aliphatic rings. The molecule has 0 saturated carbocycles. The molecule has 1 aromatic carbocycles. The Balaban J connectivity index is 1.69. The number of unbranched alkanes of at least 4 members (excludes halogenated alkanes) is 4. The first-order chi connectivity index (χ1) is 16.1. The lowest BCUT2D eigenvalue weighted by atomic mass is 9.95. The Morgan fingerprint density at radius 3 is 1.76 bits per heavy atom. The predicted octanol–water partition coefficient (Wildman–Crippen LogP) is 10.2. The van der Waals surface area contributed by atoms with Gasteiger partial charge in [-0.1, -0.05) is 64.5 Å². The van der Waals surface area contributed by atoms with Crippen LogP contribution in [0.2, 0.25) is 0 Å². The van der Waals surface area contributed by atoms with Gasteiger partial charge in [-0.05, 0) is 74.9 Å². The number of hydrogen-bond acceptors (Lipinski definition) is 4. The number of rotatable bonds is 12. The lowest BCUT2D eigenvalue weighted by Crippen LogP contribution is -2.13. The molecule has 0 aliphatic heterocycles. The Morgan fingerprint density at radius 1 is 0.727 bits per heavy atom. The molecule has 3 nitrogen and oxygen atoms in total. The first-order valence-electron chi connectivity index (χ1n) is 12.0. The van der Waals surface area contributed by atoms with E-state index in [1.54, 1.807) is 22.7 Å². The highest BCUT2D eigenvalue weighted by molar-refractivity contribution is 9.11. The lowest BCUT2D eigenvalue weighted by molar-refractivity contribution is 0.330. The molecular formula is C26H31Br2N3S2. The van der Waals surface area contributed by atoms with Crippen molar-refractivity contribution in [2.75, 3.05) is 0 Å². The molecule has 4 rings (SSSR count). The summed E-state index contributed by atoms with van der Waals surface area (Å²) in [6.07, 6.45) is 10.3. The molecule has 0 radical (unpaired) electrons. The van der Waals surface area contributed by atoms with Crippen molar-refractivity contribution in [3.8, 4) is 20.9 Å². The third-order valence-electron chi connectivity index (χ3n) is 6.11. The van der Waals surface area contributed by atoms with E-state index < -0.39 is 0 Å². The third-order valence-corrected chi connectivity index (χ3v) is 9.43. The van der Waals surface area contributed by atoms with E-state index in [-0.39, 0.29) is 0 Å². The summed E-state index contributed by atoms with van der Waals surface area (Å²) in [7, 11) is 0. The first-order valence-corrected chi connectivity index (χ1v) is 15.2. The minimum Gasteiger partial charge on any atom is -0.183 e. The Kier molecular flexibility index (Phi) is 9.19. The predicted molar refractivity (Wildman–Crippen MR) is 151 cm³/mol. The van der Waals surface area contributed by atoms with Crippen LogP contribution in [0.4, 0.5) is 0 Å². The van der Waals surface area contributed by atoms with Gasteiger partial charge in [0.1, 0.15) is 11.0 Å². The number of aromatic nitrogens is 3. The Bertz CT molecular complexity index is 1100. The molecule has 4 aromatic rings. The van der Waals surface area contributed by atoms with E-state index in [0.29, 0.717) is 5.92 Å². The summed E-state index contributed by atoms with van der Waals surface area (Å²) < 4.78 is 2.27. The standard InChI is InChI=1S/C26H31Br2N3S2/c1-3-5-7-8-10-18(9-6-4-2)17-31-29-25-19(21-13-15-23(27)32-21)11-12-20(26(25)30-31)22-14-16-24(28)33-22/h11-16,18H,3-10,17H2,1-2H3. The summed E-state index contributed by atoms with van der Waals surface area (Å²) >= 11 is 10.7. The molecule has 0 amide bonds. The number of nitrogens with zero attached hydrogens (tertiary/aromatic N) is 3. The van der Waals surface area contributed by atoms with Crippen LogP contribution in [-0.2, 0) is 6.54 Å². The topological polar surface area (TPSA) is 30.7 Å². The molecule has 0 fully saturated rings. The average molecular weight is 609 g/mol. The van der Waals surface area contributed by atoms with Crippen molar-refractivity contribution in [1.29, 1.82) is 0 Å². The molecule has 7 heteroatoms. The summed E-state index contributed by atoms with van der Waals surface area (Å²) in [6, 6.07) is 13.0. The van der Waals surface area contributed by atoms with E-state index in [4.69, 9.17) is 10.2 Å². The van der Waals surface area contributed by atoms with Gasteiger partial charge in [-0.2, -0.15) is 15.0 Å². The number of benzene rings is 1. The molecule has 3 aromatic heterocycles. The summed E-state index contributed by atoms with van der Waals surface area (Å²) in [5.74, 6) is 0.641. The SMILES string of the molecule is CCCCCCC(CCCC)Cn1nc2c(-c3ccc(Br)s3)ccc(-c3ccc(Br)s3)c2n1. The molecule has 1 atom stereocenters. The van der Waals surface area contributed by atoms with E-state index in [1.807, 2.05) is 4.80 Å². The van der Waals surface area contributed by atoms with Crippen LogP contribution in [0, 0.1) is 5.92 Å². The summed E-state index contributed by atoms with van der Waals surface area (Å²) in [5.41, 5.74) is 4.34. The number of thiophene rings is 2. The number of halogens is 2. The fourth-order valence-electron chi connectivity index (χ4n) is 4.34. The van der Waals surface area contributed by atoms with Gasteiger partial charge in [-0.25, -0.2) is 0 Å². The van der Waals surface area contributed by atoms with Crippen LogP contribution in [0.1, 0.15) is 65.2 Å². The minimum absolute atomic E-state index is 0.641. The van der Waals surface area contributed by atoms with E-state index in [2.05, 4.69) is 82.1 Å². The van der Waals surface area contributed by atoms with Crippen LogP contribution >= 0.6 is 54.5 Å². The maximum Gasteiger partial charge on any atom is 0.122 e. The lowest BCUT2D eigenvalue weighted by Gasteiger charge is -2.15. The molecule has 0 N–H and O–H groups in total. The zero-order chi connectivity index (χ0) is 23.2. The van der Waals surface area contributed by atoms with Gasteiger partial charge in [0.2, 0.25) is 0 Å². The molecule has 0 saturated heterocycles. The second-order valence-corrected chi connectivity index (χ2v) is 13.6. The molecule has 1 unspecified atom stereocenters. The molecule has 0 aliphatic carbocycles. The Labute approximate surface area is 221 Å². The van der Waals surface area contributed by atoms with Gasteiger partial charge in [-0.3, -0.25) is 0 Å². The second kappa shape index (κ2) is 12.1. The summed E-state index contributed by atoms with van der Waals surface area (Å²) in [5, 5.41) is 10.1. The molecule has 176 valence electrons. The van der Waals surface area contributed by atoms with Crippen molar-refractivity contribution in [2.24, 2.45) is 5.92 Å². The molecule has 0 bridgehead atoms. The fourth-order valence-corrected chi connectivity index (χ4v) is 7.17. The smallest absolute Gasteiger partial charge is 0.122 e. The van der Waals surface area contributed by atoms with Crippen molar-refractivity contribution < 1.29 is 0 Å². The van der Waals surface area contributed by atoms with Gasteiger partial charge in [0.15, 0.2) is 0 Å². The van der Waals surface area contributed by atoms with Crippen LogP contribution in [0.5, 0.6) is 0 Å². The first kappa shape index (κ1) is 25.1. The summed E-state index contributed by atoms with van der Waals surface area (Å²) in [6.45, 7) is 5.47. The maximum absolute atomic E-state index is 5.07. The van der Waals surface area contributed by atoms with Crippen LogP contribution in [0.15, 0.2) is 44.0 Å². The number of fused-ring (bicyclic) bond motifs is 1. The van der Waals surface area contributed by atoms with Crippen LogP contribution in [-0.4, -0.2) is 15.0 Å². The van der Waals surface area contributed by atoms with Crippen LogP contribution in [0.3, 0.4) is 0 Å². The quantitative estimate of drug-likeness (QED) is 0.150. The molecular weight excluding hydrogens is 578 g/mol. The fraction of sp³-hybridized carbons (Fsp3) is 0.462. The van der Waals surface area contributed by atoms with Crippen molar-refractivity contribution in [1.82, 2.24) is 15.0 Å². The van der Waals surface area contributed by atoms with Gasteiger partial charge in [0.05, 0.1) is 14.1 Å². The molecule has 3 heterocycles. The van der Waals surface area contributed by atoms with Crippen molar-refractivity contribution >= 4 is 65.6 Å². The zero-order valence-electron chi connectivity index (χ0n) is 19.3. The average Bonchev–Trinajstić information content (AvgIpc) is 3.54. The Morgan fingerprint density at radius 2 is 1.27 bits per heavy atom. The van der Waals surface area contributed by atoms with E-state index in [9.17, 15) is 0 Å². The zero-order valence-corrected chi connectivity index (χ0v) is 24.1. The molecule has 0 spiro atoms. The van der Waals surface area contributed by atoms with Gasteiger partial charge in [-0.15, -0.1) is 22.7 Å². The van der Waals surface area contributed by atoms with Gasteiger partial charge < -0.3 is 0 Å². The Hall–Kier alpha value is -1.02. The van der Waals surface area contributed by atoms with Crippen molar-refractivity contribution in [3.05, 3.63) is 44.0 Å². The van der Waals surface area contributed by atoms with Crippen molar-refractivity contribution in [3.63, 3.8) is 0 Å². The van der Waals surface area contributed by atoms with Crippen LogP contribution in [0.25, 0.3) is 31.9 Å². The van der Waals surface area contributed by atoms with E-state index >= 15 is 0 Å². The normalized spacial score (nSPS) is 12.6. The highest BCUT2D eigenvalue weighted by Crippen LogP contribution is 2.40. The number of hydrogen-bond donors (Lipinski definition) is 0. The highest BCUT2D eigenvalue weighted by Gasteiger charge is 2.19. The van der Waals surface area contributed by atoms with Gasteiger partial charge in [0.25, 0.3) is 0 Å². The third kappa shape index (κ3) is 6.36. The van der Waals surface area contributed by atoms with Gasteiger partial charge >= 0.3 is 0 Å². The second-order valence-electron chi connectivity index (χ2n) is 8.68. The monoisotopic (exact) mass is 607 g/mol. The maximum atomic E-state index is 5.07. The molecule has 33 heavy (non-hydrogen) atoms. The van der Waals surface area contributed by atoms with Crippen molar-refractivity contribution in [2.45, 2.75) is 71.8 Å². The van der Waals surface area contributed by atoms with E-state index in [1.165, 1.54) is 72.2 Å². The summed E-state index contributed by atoms with van der Waals surface area (Å²) in [4.78, 5) is 4.43.